The quantitative estimate of drug-likeness (QED) is 0.638. The van der Waals surface area contributed by atoms with Gasteiger partial charge >= 0.3 is 0 Å². The van der Waals surface area contributed by atoms with Crippen LogP contribution in [0.4, 0.5) is 5.69 Å². The van der Waals surface area contributed by atoms with Crippen LogP contribution >= 0.6 is 12.2 Å². The molecule has 1 aromatic heterocycles. The van der Waals surface area contributed by atoms with Crippen molar-refractivity contribution in [1.82, 2.24) is 9.97 Å². The molecule has 0 aliphatic carbocycles. The lowest BCUT2D eigenvalue weighted by Gasteiger charge is -2.09. The number of anilines is 1. The lowest BCUT2D eigenvalue weighted by atomic mass is 10.1. The number of nitrogens with two attached hydrogens (primary N) is 1. The number of hydrogen-bond acceptors (Lipinski definition) is 3. The summed E-state index contributed by atoms with van der Waals surface area (Å²) < 4.78 is 0. The van der Waals surface area contributed by atoms with Gasteiger partial charge in [0.25, 0.3) is 5.56 Å². The van der Waals surface area contributed by atoms with Gasteiger partial charge in [-0.2, -0.15) is 0 Å². The zero-order chi connectivity index (χ0) is 11.7. The van der Waals surface area contributed by atoms with Gasteiger partial charge in [-0.1, -0.05) is 6.07 Å². The third kappa shape index (κ3) is 1.74. The summed E-state index contributed by atoms with van der Waals surface area (Å²) in [6.07, 6.45) is 1.36. The monoisotopic (exact) mass is 234 g/mol. The average molecular weight is 234 g/mol. The zero-order valence-electron chi connectivity index (χ0n) is 8.57. The fraction of sp³-hybridized carbons (Fsp3) is 0.100. The third-order valence-electron chi connectivity index (χ3n) is 2.27. The number of H-pyrrole nitrogens is 1. The fourth-order valence-electron chi connectivity index (χ4n) is 1.52. The first kappa shape index (κ1) is 10.6. The second-order valence-corrected chi connectivity index (χ2v) is 3.81. The van der Waals surface area contributed by atoms with Gasteiger partial charge in [0.15, 0.2) is 5.11 Å². The Morgan fingerprint density at radius 3 is 3.00 bits per heavy atom. The number of thiocarbonyl (C=S) groups is 1. The Labute approximate surface area is 96.7 Å². The standard InChI is InChI=1S/C10H10N4OS/c1-5-2-3-6-8(7(5)14-10(11)16)12-4-13-9(6)15/h2-4H,1H3,(H3,11,14,16)(H,12,13,15). The van der Waals surface area contributed by atoms with Crippen LogP contribution in [0.5, 0.6) is 0 Å². The molecule has 82 valence electrons. The smallest absolute Gasteiger partial charge is 0.258 e. The molecule has 0 saturated carbocycles. The Morgan fingerprint density at radius 1 is 1.56 bits per heavy atom. The number of nitrogens with zero attached hydrogens (tertiary/aromatic N) is 1. The molecule has 6 heteroatoms. The molecule has 0 spiro atoms. The molecule has 0 saturated heterocycles. The van der Waals surface area contributed by atoms with Gasteiger partial charge in [-0.05, 0) is 30.8 Å². The summed E-state index contributed by atoms with van der Waals surface area (Å²) in [7, 11) is 0. The summed E-state index contributed by atoms with van der Waals surface area (Å²) in [6.45, 7) is 1.89. The molecule has 0 aliphatic heterocycles. The molecular weight excluding hydrogens is 224 g/mol. The van der Waals surface area contributed by atoms with E-state index in [1.54, 1.807) is 6.07 Å². The van der Waals surface area contributed by atoms with Gasteiger partial charge in [0.1, 0.15) is 5.52 Å². The van der Waals surface area contributed by atoms with Crippen molar-refractivity contribution in [2.75, 3.05) is 5.32 Å². The minimum absolute atomic E-state index is 0.151. The summed E-state index contributed by atoms with van der Waals surface area (Å²) in [5, 5.41) is 3.49. The number of aromatic amines is 1. The van der Waals surface area contributed by atoms with Gasteiger partial charge in [0.2, 0.25) is 0 Å². The van der Waals surface area contributed by atoms with Crippen molar-refractivity contribution < 1.29 is 0 Å². The van der Waals surface area contributed by atoms with Crippen molar-refractivity contribution in [2.24, 2.45) is 5.73 Å². The Balaban J connectivity index is 2.79. The molecule has 2 rings (SSSR count). The molecule has 0 fully saturated rings. The van der Waals surface area contributed by atoms with Crippen molar-refractivity contribution >= 4 is 33.9 Å². The highest BCUT2D eigenvalue weighted by molar-refractivity contribution is 7.80. The molecule has 16 heavy (non-hydrogen) atoms. The van der Waals surface area contributed by atoms with Crippen LogP contribution in [-0.2, 0) is 0 Å². The second-order valence-electron chi connectivity index (χ2n) is 3.37. The summed E-state index contributed by atoms with van der Waals surface area (Å²) in [4.78, 5) is 18.2. The lowest BCUT2D eigenvalue weighted by molar-refractivity contribution is 1.17. The summed E-state index contributed by atoms with van der Waals surface area (Å²) >= 11 is 4.79. The van der Waals surface area contributed by atoms with Crippen LogP contribution in [0.1, 0.15) is 5.56 Å². The fourth-order valence-corrected chi connectivity index (χ4v) is 1.63. The van der Waals surface area contributed by atoms with E-state index in [9.17, 15) is 4.79 Å². The molecule has 5 nitrogen and oxygen atoms in total. The van der Waals surface area contributed by atoms with Gasteiger partial charge < -0.3 is 16.0 Å². The number of benzene rings is 1. The number of hydrogen-bond donors (Lipinski definition) is 3. The van der Waals surface area contributed by atoms with Gasteiger partial charge in [-0.15, -0.1) is 0 Å². The molecule has 0 unspecified atom stereocenters. The highest BCUT2D eigenvalue weighted by Gasteiger charge is 2.08. The van der Waals surface area contributed by atoms with E-state index in [2.05, 4.69) is 15.3 Å². The van der Waals surface area contributed by atoms with Crippen molar-refractivity contribution in [3.63, 3.8) is 0 Å². The summed E-state index contributed by atoms with van der Waals surface area (Å²) in [5.74, 6) is 0. The normalized spacial score (nSPS) is 10.3. The number of rotatable bonds is 1. The van der Waals surface area contributed by atoms with Crippen LogP contribution < -0.4 is 16.6 Å². The molecule has 1 aromatic carbocycles. The Morgan fingerprint density at radius 2 is 2.31 bits per heavy atom. The number of nitrogens with one attached hydrogen (secondary N) is 2. The second kappa shape index (κ2) is 3.90. The minimum Gasteiger partial charge on any atom is -0.376 e. The Bertz CT molecular complexity index is 620. The van der Waals surface area contributed by atoms with E-state index >= 15 is 0 Å². The van der Waals surface area contributed by atoms with Gasteiger partial charge in [-0.3, -0.25) is 4.79 Å². The van der Waals surface area contributed by atoms with Crippen molar-refractivity contribution in [2.45, 2.75) is 6.92 Å². The van der Waals surface area contributed by atoms with E-state index in [4.69, 9.17) is 18.0 Å². The summed E-state index contributed by atoms with van der Waals surface area (Å²) in [6, 6.07) is 3.54. The van der Waals surface area contributed by atoms with Gasteiger partial charge in [-0.25, -0.2) is 4.98 Å². The molecule has 0 atom stereocenters. The summed E-state index contributed by atoms with van der Waals surface area (Å²) in [5.41, 5.74) is 7.42. The van der Waals surface area contributed by atoms with E-state index in [1.807, 2.05) is 13.0 Å². The van der Waals surface area contributed by atoms with E-state index in [0.29, 0.717) is 16.6 Å². The molecule has 0 radical (unpaired) electrons. The topological polar surface area (TPSA) is 83.8 Å². The Hall–Kier alpha value is -1.95. The maximum atomic E-state index is 11.5. The van der Waals surface area contributed by atoms with Crippen molar-refractivity contribution in [1.29, 1.82) is 0 Å². The van der Waals surface area contributed by atoms with Crippen molar-refractivity contribution in [3.8, 4) is 0 Å². The van der Waals surface area contributed by atoms with Crippen LogP contribution in [0, 0.1) is 6.92 Å². The van der Waals surface area contributed by atoms with E-state index in [-0.39, 0.29) is 10.7 Å². The third-order valence-corrected chi connectivity index (χ3v) is 2.37. The molecule has 2 aromatic rings. The van der Waals surface area contributed by atoms with Crippen LogP contribution in [0.25, 0.3) is 10.9 Å². The molecule has 4 N–H and O–H groups in total. The van der Waals surface area contributed by atoms with Crippen LogP contribution in [0.2, 0.25) is 0 Å². The predicted molar refractivity (Wildman–Crippen MR) is 67.5 cm³/mol. The predicted octanol–water partition coefficient (Wildman–Crippen LogP) is 0.887. The minimum atomic E-state index is -0.184. The first-order chi connectivity index (χ1) is 7.59. The molecule has 0 amide bonds. The number of aryl methyl sites for hydroxylation is 1. The van der Waals surface area contributed by atoms with Gasteiger partial charge in [0, 0.05) is 0 Å². The number of fused-ring (bicyclic) bond motifs is 1. The molecule has 0 bridgehead atoms. The largest absolute Gasteiger partial charge is 0.376 e. The van der Waals surface area contributed by atoms with Crippen LogP contribution in [0.15, 0.2) is 23.3 Å². The maximum absolute atomic E-state index is 11.5. The SMILES string of the molecule is Cc1ccc2c(=O)[nH]cnc2c1NC(N)=S. The van der Waals surface area contributed by atoms with E-state index in [1.165, 1.54) is 6.33 Å². The van der Waals surface area contributed by atoms with E-state index in [0.717, 1.165) is 5.56 Å². The lowest BCUT2D eigenvalue weighted by Crippen LogP contribution is -2.20. The van der Waals surface area contributed by atoms with Crippen LogP contribution in [0.3, 0.4) is 0 Å². The number of aromatic nitrogens is 2. The Kier molecular flexibility index (Phi) is 2.57. The maximum Gasteiger partial charge on any atom is 0.258 e. The highest BCUT2D eigenvalue weighted by Crippen LogP contribution is 2.22. The van der Waals surface area contributed by atoms with Crippen molar-refractivity contribution in [3.05, 3.63) is 34.4 Å². The highest BCUT2D eigenvalue weighted by atomic mass is 32.1. The zero-order valence-corrected chi connectivity index (χ0v) is 9.39. The average Bonchev–Trinajstić information content (AvgIpc) is 2.22. The first-order valence-corrected chi connectivity index (χ1v) is 5.04. The first-order valence-electron chi connectivity index (χ1n) is 4.63. The molecule has 1 heterocycles. The molecule has 0 aliphatic rings. The van der Waals surface area contributed by atoms with Gasteiger partial charge in [0.05, 0.1) is 17.4 Å². The molecular formula is C10H10N4OS. The van der Waals surface area contributed by atoms with Crippen LogP contribution in [-0.4, -0.2) is 15.1 Å². The van der Waals surface area contributed by atoms with E-state index < -0.39 is 0 Å².